The molecule has 0 saturated carbocycles. The molecule has 2 aromatic heterocycles. The Morgan fingerprint density at radius 1 is 1.09 bits per heavy atom. The molecular weight excluding hydrogens is 483 g/mol. The molecule has 176 valence electrons. The lowest BCUT2D eigenvalue weighted by atomic mass is 10.1. The zero-order valence-electron chi connectivity index (χ0n) is 18.2. The maximum Gasteiger partial charge on any atom is 0.244 e. The Balaban J connectivity index is 1.72. The summed E-state index contributed by atoms with van der Waals surface area (Å²) in [5.74, 6) is 0.967. The van der Waals surface area contributed by atoms with Crippen LogP contribution in [0.1, 0.15) is 0 Å². The number of pyridine rings is 1. The highest BCUT2D eigenvalue weighted by Gasteiger charge is 2.24. The van der Waals surface area contributed by atoms with Crippen molar-refractivity contribution in [2.45, 2.75) is 4.90 Å². The van der Waals surface area contributed by atoms with Gasteiger partial charge in [0, 0.05) is 32.0 Å². The van der Waals surface area contributed by atoms with Gasteiger partial charge in [0.05, 0.1) is 15.5 Å². The second kappa shape index (κ2) is 8.46. The molecule has 0 spiro atoms. The zero-order valence-corrected chi connectivity index (χ0v) is 19.8. The van der Waals surface area contributed by atoms with Crippen LogP contribution in [0.15, 0.2) is 59.6 Å². The van der Waals surface area contributed by atoms with E-state index in [1.165, 1.54) is 38.5 Å². The number of nitrogens with zero attached hydrogens (tertiary/aromatic N) is 3. The Labute approximate surface area is 200 Å². The highest BCUT2D eigenvalue weighted by atomic mass is 35.5. The highest BCUT2D eigenvalue weighted by molar-refractivity contribution is 7.89. The summed E-state index contributed by atoms with van der Waals surface area (Å²) in [4.78, 5) is 4.62. The van der Waals surface area contributed by atoms with Crippen molar-refractivity contribution in [1.29, 1.82) is 0 Å². The van der Waals surface area contributed by atoms with Gasteiger partial charge in [0.1, 0.15) is 36.2 Å². The van der Waals surface area contributed by atoms with E-state index in [9.17, 15) is 12.8 Å². The maximum absolute atomic E-state index is 14.9. The molecule has 2 aromatic carbocycles. The normalized spacial score (nSPS) is 13.4. The molecule has 5 rings (SSSR count). The predicted molar refractivity (Wildman–Crippen MR) is 127 cm³/mol. The molecule has 1 N–H and O–H groups in total. The monoisotopic (exact) mass is 502 g/mol. The van der Waals surface area contributed by atoms with Crippen LogP contribution in [0.2, 0.25) is 5.02 Å². The Kier molecular flexibility index (Phi) is 5.59. The van der Waals surface area contributed by atoms with Gasteiger partial charge in [-0.25, -0.2) is 22.1 Å². The number of benzene rings is 2. The van der Waals surface area contributed by atoms with E-state index < -0.39 is 15.8 Å². The number of fused-ring (bicyclic) bond motifs is 2. The van der Waals surface area contributed by atoms with Crippen molar-refractivity contribution in [2.24, 2.45) is 0 Å². The van der Waals surface area contributed by atoms with Crippen molar-refractivity contribution < 1.29 is 22.3 Å². The van der Waals surface area contributed by atoms with Crippen molar-refractivity contribution in [1.82, 2.24) is 13.7 Å². The third-order valence-electron chi connectivity index (χ3n) is 5.37. The van der Waals surface area contributed by atoms with E-state index in [0.717, 1.165) is 4.31 Å². The quantitative estimate of drug-likeness (QED) is 0.430. The summed E-state index contributed by atoms with van der Waals surface area (Å²) in [6.45, 7) is 0.889. The van der Waals surface area contributed by atoms with Gasteiger partial charge in [0.2, 0.25) is 10.0 Å². The van der Waals surface area contributed by atoms with E-state index in [-0.39, 0.29) is 21.2 Å². The first-order valence-electron chi connectivity index (χ1n) is 10.3. The van der Waals surface area contributed by atoms with Gasteiger partial charge in [-0.05, 0) is 36.4 Å². The highest BCUT2D eigenvalue weighted by Crippen LogP contribution is 2.39. The molecule has 1 aliphatic rings. The number of halogens is 2. The summed E-state index contributed by atoms with van der Waals surface area (Å²) < 4.78 is 54.3. The van der Waals surface area contributed by atoms with Crippen molar-refractivity contribution in [3.05, 3.63) is 65.6 Å². The lowest BCUT2D eigenvalue weighted by Gasteiger charge is -2.19. The van der Waals surface area contributed by atoms with Crippen molar-refractivity contribution >= 4 is 38.8 Å². The molecule has 11 heteroatoms. The fraction of sp³-hybridized carbons (Fsp3) is 0.174. The molecule has 0 saturated heterocycles. The number of nitrogens with one attached hydrogen (secondary N) is 1. The molecule has 1 aliphatic heterocycles. The summed E-state index contributed by atoms with van der Waals surface area (Å²) in [5, 5.41) is 3.41. The molecule has 0 atom stereocenters. The standard InChI is InChI=1S/C23H20ClFN4O4S/c1-28(2)34(30,31)15-7-9-20-27-22(21-16(24)4-3-5-17(21)25)23(29(20)13-15)26-14-6-8-18-19(12-14)33-11-10-32-18/h3-9,12-13,26H,10-11H2,1-2H3. The summed E-state index contributed by atoms with van der Waals surface area (Å²) in [6, 6.07) is 12.7. The van der Waals surface area contributed by atoms with Gasteiger partial charge in [0.15, 0.2) is 11.5 Å². The number of hydrogen-bond donors (Lipinski definition) is 1. The van der Waals surface area contributed by atoms with Gasteiger partial charge in [-0.15, -0.1) is 0 Å². The first kappa shape index (κ1) is 22.5. The minimum atomic E-state index is -3.72. The summed E-state index contributed by atoms with van der Waals surface area (Å²) in [5.41, 5.74) is 1.36. The molecule has 0 aliphatic carbocycles. The van der Waals surface area contributed by atoms with Crippen molar-refractivity contribution in [3.8, 4) is 22.8 Å². The van der Waals surface area contributed by atoms with E-state index in [1.807, 2.05) is 0 Å². The summed E-state index contributed by atoms with van der Waals surface area (Å²) >= 11 is 6.35. The number of ether oxygens (including phenoxy) is 2. The van der Waals surface area contributed by atoms with Crippen molar-refractivity contribution in [2.75, 3.05) is 32.6 Å². The average molecular weight is 503 g/mol. The molecule has 4 aromatic rings. The fourth-order valence-electron chi connectivity index (χ4n) is 3.66. The maximum atomic E-state index is 14.9. The van der Waals surface area contributed by atoms with Crippen molar-refractivity contribution in [3.63, 3.8) is 0 Å². The van der Waals surface area contributed by atoms with E-state index in [2.05, 4.69) is 10.3 Å². The second-order valence-electron chi connectivity index (χ2n) is 7.77. The van der Waals surface area contributed by atoms with Crippen LogP contribution in [0.4, 0.5) is 15.9 Å². The van der Waals surface area contributed by atoms with E-state index in [4.69, 9.17) is 21.1 Å². The number of rotatable bonds is 5. The van der Waals surface area contributed by atoms with Crippen LogP contribution in [-0.4, -0.2) is 49.4 Å². The second-order valence-corrected chi connectivity index (χ2v) is 10.3. The predicted octanol–water partition coefficient (Wildman–Crippen LogP) is 4.56. The minimum Gasteiger partial charge on any atom is -0.486 e. The molecule has 3 heterocycles. The Bertz CT molecular complexity index is 1500. The molecular formula is C23H20ClFN4O4S. The van der Waals surface area contributed by atoms with Crippen LogP contribution < -0.4 is 14.8 Å². The van der Waals surface area contributed by atoms with Gasteiger partial charge >= 0.3 is 0 Å². The molecule has 0 unspecified atom stereocenters. The van der Waals surface area contributed by atoms with Crippen LogP contribution in [-0.2, 0) is 10.0 Å². The molecule has 8 nitrogen and oxygen atoms in total. The van der Waals surface area contributed by atoms with Crippen LogP contribution >= 0.6 is 11.6 Å². The molecule has 0 amide bonds. The zero-order chi connectivity index (χ0) is 24.0. The average Bonchev–Trinajstić information content (AvgIpc) is 3.16. The van der Waals surface area contributed by atoms with Gasteiger partial charge in [-0.1, -0.05) is 17.7 Å². The molecule has 34 heavy (non-hydrogen) atoms. The number of aromatic nitrogens is 2. The third kappa shape index (κ3) is 3.83. The van der Waals surface area contributed by atoms with E-state index in [1.54, 1.807) is 34.7 Å². The van der Waals surface area contributed by atoms with E-state index >= 15 is 0 Å². The molecule has 0 fully saturated rings. The Morgan fingerprint density at radius 3 is 2.59 bits per heavy atom. The van der Waals surface area contributed by atoms with Crippen LogP contribution in [0.25, 0.3) is 16.9 Å². The Morgan fingerprint density at radius 2 is 1.85 bits per heavy atom. The van der Waals surface area contributed by atoms with E-state index in [0.29, 0.717) is 41.9 Å². The molecule has 0 bridgehead atoms. The fourth-order valence-corrected chi connectivity index (χ4v) is 4.82. The van der Waals surface area contributed by atoms with Crippen LogP contribution in [0.3, 0.4) is 0 Å². The lowest BCUT2D eigenvalue weighted by Crippen LogP contribution is -2.22. The number of imidazole rings is 1. The minimum absolute atomic E-state index is 0.0544. The molecule has 0 radical (unpaired) electrons. The summed E-state index contributed by atoms with van der Waals surface area (Å²) in [6.07, 6.45) is 1.44. The number of anilines is 2. The van der Waals surface area contributed by atoms with Gasteiger partial charge in [0.25, 0.3) is 0 Å². The lowest BCUT2D eigenvalue weighted by molar-refractivity contribution is 0.171. The smallest absolute Gasteiger partial charge is 0.244 e. The SMILES string of the molecule is CN(C)S(=O)(=O)c1ccc2nc(-c3c(F)cccc3Cl)c(Nc3ccc4c(c3)OCCO4)n2c1. The summed E-state index contributed by atoms with van der Waals surface area (Å²) in [7, 11) is -0.820. The largest absolute Gasteiger partial charge is 0.486 e. The number of sulfonamides is 1. The van der Waals surface area contributed by atoms with Crippen LogP contribution in [0.5, 0.6) is 11.5 Å². The Hall–Kier alpha value is -3.34. The number of hydrogen-bond acceptors (Lipinski definition) is 6. The first-order valence-corrected chi connectivity index (χ1v) is 12.1. The van der Waals surface area contributed by atoms with Gasteiger partial charge in [-0.3, -0.25) is 4.40 Å². The van der Waals surface area contributed by atoms with Gasteiger partial charge < -0.3 is 14.8 Å². The van der Waals surface area contributed by atoms with Crippen LogP contribution in [0, 0.1) is 5.82 Å². The topological polar surface area (TPSA) is 85.2 Å². The first-order chi connectivity index (χ1) is 16.3. The third-order valence-corrected chi connectivity index (χ3v) is 7.49. The van der Waals surface area contributed by atoms with Gasteiger partial charge in [-0.2, -0.15) is 0 Å².